The molecule has 0 radical (unpaired) electrons. The Balaban J connectivity index is 2.84. The number of anilines is 1. The van der Waals surface area contributed by atoms with Gasteiger partial charge in [0.1, 0.15) is 0 Å². The topological polar surface area (TPSA) is 12.0 Å². The molecule has 0 amide bonds. The Morgan fingerprint density at radius 2 is 1.69 bits per heavy atom. The highest BCUT2D eigenvalue weighted by atomic mass is 35.5. The summed E-state index contributed by atoms with van der Waals surface area (Å²) in [5.74, 6) is 0. The highest BCUT2D eigenvalue weighted by Crippen LogP contribution is 2.28. The predicted octanol–water partition coefficient (Wildman–Crippen LogP) is 3.53. The van der Waals surface area contributed by atoms with E-state index in [1.54, 1.807) is 0 Å². The second-order valence-electron chi connectivity index (χ2n) is 2.89. The van der Waals surface area contributed by atoms with Gasteiger partial charge in [0.05, 0.1) is 0 Å². The quantitative estimate of drug-likeness (QED) is 0.727. The number of nitrogens with one attached hydrogen (secondary N) is 1. The lowest BCUT2D eigenvalue weighted by Crippen LogP contribution is -1.88. The molecular weight excluding hydrogens is 182 g/mol. The lowest BCUT2D eigenvalue weighted by molar-refractivity contribution is 1.55. The van der Waals surface area contributed by atoms with Gasteiger partial charge in [-0.05, 0) is 12.1 Å². The van der Waals surface area contributed by atoms with Crippen molar-refractivity contribution in [1.82, 2.24) is 0 Å². The molecule has 0 saturated carbocycles. The SMILES string of the molecule is CNc1cccc2c(Cl)cccc12. The van der Waals surface area contributed by atoms with Gasteiger partial charge in [-0.1, -0.05) is 35.9 Å². The third kappa shape index (κ3) is 1.36. The Morgan fingerprint density at radius 3 is 2.46 bits per heavy atom. The Morgan fingerprint density at radius 1 is 1.00 bits per heavy atom. The van der Waals surface area contributed by atoms with Gasteiger partial charge in [-0.2, -0.15) is 0 Å². The van der Waals surface area contributed by atoms with Gasteiger partial charge in [-0.15, -0.1) is 0 Å². The first-order valence-corrected chi connectivity index (χ1v) is 4.55. The number of fused-ring (bicyclic) bond motifs is 1. The van der Waals surface area contributed by atoms with Gasteiger partial charge in [0, 0.05) is 28.5 Å². The molecule has 2 aromatic carbocycles. The molecule has 2 aromatic rings. The summed E-state index contributed by atoms with van der Waals surface area (Å²) in [5.41, 5.74) is 1.11. The van der Waals surface area contributed by atoms with Crippen molar-refractivity contribution in [3.8, 4) is 0 Å². The predicted molar refractivity (Wildman–Crippen MR) is 58.5 cm³/mol. The maximum absolute atomic E-state index is 6.06. The largest absolute Gasteiger partial charge is 0.388 e. The minimum Gasteiger partial charge on any atom is -0.388 e. The Labute approximate surface area is 82.3 Å². The second kappa shape index (κ2) is 3.27. The van der Waals surface area contributed by atoms with Crippen LogP contribution in [0.2, 0.25) is 5.02 Å². The summed E-state index contributed by atoms with van der Waals surface area (Å²) in [4.78, 5) is 0. The van der Waals surface area contributed by atoms with Crippen LogP contribution in [0.1, 0.15) is 0 Å². The molecule has 0 fully saturated rings. The molecule has 2 heteroatoms. The lowest BCUT2D eigenvalue weighted by atomic mass is 10.1. The minimum absolute atomic E-state index is 0.801. The molecule has 13 heavy (non-hydrogen) atoms. The first kappa shape index (κ1) is 8.39. The molecule has 0 aliphatic heterocycles. The fourth-order valence-corrected chi connectivity index (χ4v) is 1.73. The summed E-state index contributed by atoms with van der Waals surface area (Å²) in [7, 11) is 1.91. The van der Waals surface area contributed by atoms with Crippen LogP contribution in [0.25, 0.3) is 10.8 Å². The van der Waals surface area contributed by atoms with Gasteiger partial charge in [0.15, 0.2) is 0 Å². The van der Waals surface area contributed by atoms with Gasteiger partial charge in [-0.25, -0.2) is 0 Å². The molecule has 1 nitrogen and oxygen atoms in total. The van der Waals surface area contributed by atoms with E-state index in [0.29, 0.717) is 0 Å². The molecule has 0 spiro atoms. The first-order chi connectivity index (χ1) is 6.33. The monoisotopic (exact) mass is 191 g/mol. The standard InChI is InChI=1S/C11H10ClN/c1-13-11-7-3-4-8-9(11)5-2-6-10(8)12/h2-7,13H,1H3. The van der Waals surface area contributed by atoms with E-state index < -0.39 is 0 Å². The van der Waals surface area contributed by atoms with Crippen molar-refractivity contribution >= 4 is 28.1 Å². The molecule has 0 atom stereocenters. The molecule has 66 valence electrons. The van der Waals surface area contributed by atoms with Crippen molar-refractivity contribution in [2.24, 2.45) is 0 Å². The maximum atomic E-state index is 6.06. The van der Waals surface area contributed by atoms with Crippen LogP contribution in [0.4, 0.5) is 5.69 Å². The molecule has 0 saturated heterocycles. The number of hydrogen-bond donors (Lipinski definition) is 1. The van der Waals surface area contributed by atoms with Gasteiger partial charge in [0.25, 0.3) is 0 Å². The Bertz CT molecular complexity index is 437. The highest BCUT2D eigenvalue weighted by molar-refractivity contribution is 6.35. The lowest BCUT2D eigenvalue weighted by Gasteiger charge is -2.05. The van der Waals surface area contributed by atoms with Crippen molar-refractivity contribution in [3.63, 3.8) is 0 Å². The molecule has 1 N–H and O–H groups in total. The average Bonchev–Trinajstić information content (AvgIpc) is 2.18. The van der Waals surface area contributed by atoms with E-state index in [4.69, 9.17) is 11.6 Å². The zero-order chi connectivity index (χ0) is 9.26. The normalized spacial score (nSPS) is 10.3. The van der Waals surface area contributed by atoms with E-state index in [-0.39, 0.29) is 0 Å². The van der Waals surface area contributed by atoms with Gasteiger partial charge < -0.3 is 5.32 Å². The molecule has 0 unspecified atom stereocenters. The third-order valence-electron chi connectivity index (χ3n) is 2.14. The smallest absolute Gasteiger partial charge is 0.0485 e. The van der Waals surface area contributed by atoms with E-state index >= 15 is 0 Å². The second-order valence-corrected chi connectivity index (χ2v) is 3.30. The van der Waals surface area contributed by atoms with Gasteiger partial charge in [0.2, 0.25) is 0 Å². The Hall–Kier alpha value is -1.21. The van der Waals surface area contributed by atoms with E-state index in [1.165, 1.54) is 0 Å². The molecule has 0 aliphatic rings. The molecule has 0 heterocycles. The van der Waals surface area contributed by atoms with Crippen LogP contribution >= 0.6 is 11.6 Å². The maximum Gasteiger partial charge on any atom is 0.0485 e. The molecule has 0 aromatic heterocycles. The summed E-state index contributed by atoms with van der Waals surface area (Å²) >= 11 is 6.06. The van der Waals surface area contributed by atoms with Crippen molar-refractivity contribution in [3.05, 3.63) is 41.4 Å². The van der Waals surface area contributed by atoms with Crippen LogP contribution in [-0.2, 0) is 0 Å². The molecule has 0 bridgehead atoms. The van der Waals surface area contributed by atoms with Gasteiger partial charge >= 0.3 is 0 Å². The Kier molecular flexibility index (Phi) is 2.11. The van der Waals surface area contributed by atoms with E-state index in [0.717, 1.165) is 21.5 Å². The van der Waals surface area contributed by atoms with Gasteiger partial charge in [-0.3, -0.25) is 0 Å². The summed E-state index contributed by atoms with van der Waals surface area (Å²) in [5, 5.41) is 6.20. The number of halogens is 1. The molecule has 0 aliphatic carbocycles. The minimum atomic E-state index is 0.801. The van der Waals surface area contributed by atoms with Crippen molar-refractivity contribution in [1.29, 1.82) is 0 Å². The van der Waals surface area contributed by atoms with Crippen LogP contribution in [0.3, 0.4) is 0 Å². The number of benzene rings is 2. The molecular formula is C11H10ClN. The van der Waals surface area contributed by atoms with Crippen LogP contribution < -0.4 is 5.32 Å². The third-order valence-corrected chi connectivity index (χ3v) is 2.47. The van der Waals surface area contributed by atoms with Crippen molar-refractivity contribution < 1.29 is 0 Å². The summed E-state index contributed by atoms with van der Waals surface area (Å²) < 4.78 is 0. The summed E-state index contributed by atoms with van der Waals surface area (Å²) in [6.07, 6.45) is 0. The zero-order valence-corrected chi connectivity index (χ0v) is 8.10. The van der Waals surface area contributed by atoms with Crippen molar-refractivity contribution in [2.45, 2.75) is 0 Å². The zero-order valence-electron chi connectivity index (χ0n) is 7.34. The fourth-order valence-electron chi connectivity index (χ4n) is 1.49. The van der Waals surface area contributed by atoms with Crippen LogP contribution in [0.5, 0.6) is 0 Å². The van der Waals surface area contributed by atoms with E-state index in [9.17, 15) is 0 Å². The highest BCUT2D eigenvalue weighted by Gasteiger charge is 2.00. The number of hydrogen-bond acceptors (Lipinski definition) is 1. The molecule has 2 rings (SSSR count). The van der Waals surface area contributed by atoms with Crippen LogP contribution in [0.15, 0.2) is 36.4 Å². The summed E-state index contributed by atoms with van der Waals surface area (Å²) in [6.45, 7) is 0. The van der Waals surface area contributed by atoms with E-state index in [2.05, 4.69) is 11.4 Å². The fraction of sp³-hybridized carbons (Fsp3) is 0.0909. The van der Waals surface area contributed by atoms with Crippen molar-refractivity contribution in [2.75, 3.05) is 12.4 Å². The number of rotatable bonds is 1. The first-order valence-electron chi connectivity index (χ1n) is 4.18. The van der Waals surface area contributed by atoms with Crippen LogP contribution in [0, 0.1) is 0 Å². The average molecular weight is 192 g/mol. The van der Waals surface area contributed by atoms with E-state index in [1.807, 2.05) is 37.4 Å². The summed E-state index contributed by atoms with van der Waals surface area (Å²) in [6, 6.07) is 12.0. The van der Waals surface area contributed by atoms with Crippen LogP contribution in [-0.4, -0.2) is 7.05 Å².